The predicted octanol–water partition coefficient (Wildman–Crippen LogP) is 2.24. The second-order valence-electron chi connectivity index (χ2n) is 3.74. The van der Waals surface area contributed by atoms with Crippen LogP contribution in [0, 0.1) is 6.92 Å². The van der Waals surface area contributed by atoms with E-state index in [0.717, 1.165) is 19.5 Å². The summed E-state index contributed by atoms with van der Waals surface area (Å²) in [6.07, 6.45) is 2.28. The van der Waals surface area contributed by atoms with Crippen LogP contribution in [-0.2, 0) is 6.54 Å². The number of fused-ring (bicyclic) bond motifs is 1. The molecule has 0 unspecified atom stereocenters. The van der Waals surface area contributed by atoms with Crippen LogP contribution in [-0.4, -0.2) is 6.54 Å². The van der Waals surface area contributed by atoms with E-state index in [1.807, 2.05) is 11.3 Å². The molecule has 15 heavy (non-hydrogen) atoms. The van der Waals surface area contributed by atoms with Crippen LogP contribution in [0.25, 0.3) is 10.2 Å². The molecular weight excluding hydrogens is 204 g/mol. The summed E-state index contributed by atoms with van der Waals surface area (Å²) in [5.41, 5.74) is 6.87. The van der Waals surface area contributed by atoms with E-state index in [1.54, 1.807) is 0 Å². The maximum Gasteiger partial charge on any atom is 0.235 e. The summed E-state index contributed by atoms with van der Waals surface area (Å²) in [6.45, 7) is 4.07. The molecule has 0 aliphatic rings. The maximum absolute atomic E-state index is 5.51. The molecule has 0 aliphatic carbocycles. The van der Waals surface area contributed by atoms with Crippen molar-refractivity contribution in [2.75, 3.05) is 6.54 Å². The number of aromatic nitrogens is 1. The minimum absolute atomic E-state index is 0.793. The van der Waals surface area contributed by atoms with Gasteiger partial charge in [-0.3, -0.25) is 0 Å². The number of para-hydroxylation sites is 1. The summed E-state index contributed by atoms with van der Waals surface area (Å²) in [5.74, 6) is 0. The highest BCUT2D eigenvalue weighted by atomic mass is 32.1. The van der Waals surface area contributed by atoms with E-state index in [1.165, 1.54) is 21.6 Å². The molecule has 0 amide bonds. The summed E-state index contributed by atoms with van der Waals surface area (Å²) in [5, 5.41) is 1.38. The maximum atomic E-state index is 5.51. The van der Waals surface area contributed by atoms with Gasteiger partial charge in [0.05, 0.1) is 0 Å². The molecule has 0 aliphatic heterocycles. The van der Waals surface area contributed by atoms with Gasteiger partial charge in [0.2, 0.25) is 10.5 Å². The molecule has 2 aromatic rings. The number of aryl methyl sites for hydroxylation is 2. The van der Waals surface area contributed by atoms with Crippen molar-refractivity contribution in [3.8, 4) is 0 Å². The molecule has 0 saturated heterocycles. The number of nitrogens with zero attached hydrogens (tertiary/aromatic N) is 1. The van der Waals surface area contributed by atoms with Crippen LogP contribution in [0.2, 0.25) is 0 Å². The summed E-state index contributed by atoms with van der Waals surface area (Å²) in [7, 11) is 0. The Labute approximate surface area is 94.3 Å². The second-order valence-corrected chi connectivity index (χ2v) is 4.97. The van der Waals surface area contributed by atoms with Gasteiger partial charge in [-0.2, -0.15) is 4.57 Å². The summed E-state index contributed by atoms with van der Waals surface area (Å²) in [4.78, 5) is 0. The van der Waals surface area contributed by atoms with Gasteiger partial charge >= 0.3 is 0 Å². The molecule has 0 bridgehead atoms. The predicted molar refractivity (Wildman–Crippen MR) is 65.0 cm³/mol. The first-order valence-corrected chi connectivity index (χ1v) is 6.22. The normalized spacial score (nSPS) is 11.1. The molecule has 80 valence electrons. The van der Waals surface area contributed by atoms with Gasteiger partial charge in [0.1, 0.15) is 11.2 Å². The number of unbranched alkanes of at least 4 members (excludes halogenated alkanes) is 1. The smallest absolute Gasteiger partial charge is 0.235 e. The van der Waals surface area contributed by atoms with Gasteiger partial charge in [0.25, 0.3) is 0 Å². The van der Waals surface area contributed by atoms with E-state index in [2.05, 4.69) is 35.8 Å². The SMILES string of the molecule is Cc1sc2ccccc2[n+]1CCCCN. The van der Waals surface area contributed by atoms with Gasteiger partial charge in [-0.1, -0.05) is 23.5 Å². The number of hydrogen-bond acceptors (Lipinski definition) is 2. The van der Waals surface area contributed by atoms with Gasteiger partial charge in [0, 0.05) is 19.4 Å². The van der Waals surface area contributed by atoms with E-state index in [-0.39, 0.29) is 0 Å². The van der Waals surface area contributed by atoms with Crippen LogP contribution in [0.4, 0.5) is 0 Å². The van der Waals surface area contributed by atoms with Crippen molar-refractivity contribution in [3.63, 3.8) is 0 Å². The van der Waals surface area contributed by atoms with E-state index in [4.69, 9.17) is 5.73 Å². The second kappa shape index (κ2) is 4.73. The third-order valence-corrected chi connectivity index (χ3v) is 3.71. The Morgan fingerprint density at radius 2 is 2.07 bits per heavy atom. The molecule has 0 saturated carbocycles. The van der Waals surface area contributed by atoms with Crippen LogP contribution in [0.5, 0.6) is 0 Å². The average molecular weight is 221 g/mol. The Kier molecular flexibility index (Phi) is 3.34. The Bertz CT molecular complexity index is 448. The molecule has 0 radical (unpaired) electrons. The number of hydrogen-bond donors (Lipinski definition) is 1. The Balaban J connectivity index is 2.28. The molecule has 2 N–H and O–H groups in total. The van der Waals surface area contributed by atoms with Crippen molar-refractivity contribution < 1.29 is 4.57 Å². The highest BCUT2D eigenvalue weighted by Crippen LogP contribution is 2.19. The highest BCUT2D eigenvalue weighted by molar-refractivity contribution is 7.18. The van der Waals surface area contributed by atoms with Gasteiger partial charge in [-0.05, 0) is 19.0 Å². The number of benzene rings is 1. The molecule has 2 nitrogen and oxygen atoms in total. The molecule has 0 spiro atoms. The van der Waals surface area contributed by atoms with E-state index in [9.17, 15) is 0 Å². The van der Waals surface area contributed by atoms with Gasteiger partial charge < -0.3 is 5.73 Å². The minimum Gasteiger partial charge on any atom is -0.330 e. The Morgan fingerprint density at radius 3 is 2.87 bits per heavy atom. The Hall–Kier alpha value is -0.930. The summed E-state index contributed by atoms with van der Waals surface area (Å²) in [6, 6.07) is 8.59. The van der Waals surface area contributed by atoms with Crippen LogP contribution in [0.3, 0.4) is 0 Å². The molecule has 1 heterocycles. The molecule has 2 rings (SSSR count). The molecule has 3 heteroatoms. The fourth-order valence-electron chi connectivity index (χ4n) is 1.84. The fourth-order valence-corrected chi connectivity index (χ4v) is 2.89. The topological polar surface area (TPSA) is 29.9 Å². The molecular formula is C12H17N2S+. The molecule has 0 atom stereocenters. The number of nitrogens with two attached hydrogens (primary N) is 1. The van der Waals surface area contributed by atoms with Crippen molar-refractivity contribution in [1.82, 2.24) is 0 Å². The van der Waals surface area contributed by atoms with Crippen LogP contribution >= 0.6 is 11.3 Å². The number of thiazole rings is 1. The van der Waals surface area contributed by atoms with Crippen molar-refractivity contribution >= 4 is 21.6 Å². The molecule has 0 fully saturated rings. The zero-order valence-corrected chi connectivity index (χ0v) is 9.89. The first-order valence-electron chi connectivity index (χ1n) is 5.41. The summed E-state index contributed by atoms with van der Waals surface area (Å²) >= 11 is 1.87. The quantitative estimate of drug-likeness (QED) is 0.623. The van der Waals surface area contributed by atoms with Gasteiger partial charge in [0.15, 0.2) is 0 Å². The van der Waals surface area contributed by atoms with E-state index < -0.39 is 0 Å². The van der Waals surface area contributed by atoms with E-state index in [0.29, 0.717) is 0 Å². The highest BCUT2D eigenvalue weighted by Gasteiger charge is 2.15. The minimum atomic E-state index is 0.793. The fraction of sp³-hybridized carbons (Fsp3) is 0.417. The average Bonchev–Trinajstić information content (AvgIpc) is 2.56. The molecule has 1 aromatic carbocycles. The van der Waals surface area contributed by atoms with Crippen LogP contribution in [0.15, 0.2) is 24.3 Å². The van der Waals surface area contributed by atoms with Crippen molar-refractivity contribution in [3.05, 3.63) is 29.3 Å². The lowest BCUT2D eigenvalue weighted by Crippen LogP contribution is -2.35. The molecule has 1 aromatic heterocycles. The largest absolute Gasteiger partial charge is 0.330 e. The number of rotatable bonds is 4. The zero-order chi connectivity index (χ0) is 10.7. The monoisotopic (exact) mass is 221 g/mol. The third kappa shape index (κ3) is 2.19. The Morgan fingerprint density at radius 1 is 1.27 bits per heavy atom. The van der Waals surface area contributed by atoms with Crippen molar-refractivity contribution in [1.29, 1.82) is 0 Å². The first kappa shape index (κ1) is 10.6. The zero-order valence-electron chi connectivity index (χ0n) is 9.07. The lowest BCUT2D eigenvalue weighted by molar-refractivity contribution is -0.673. The lowest BCUT2D eigenvalue weighted by Gasteiger charge is -1.95. The lowest BCUT2D eigenvalue weighted by atomic mass is 10.3. The first-order chi connectivity index (χ1) is 7.33. The summed E-state index contributed by atoms with van der Waals surface area (Å²) < 4.78 is 3.78. The van der Waals surface area contributed by atoms with Gasteiger partial charge in [-0.25, -0.2) is 0 Å². The third-order valence-electron chi connectivity index (χ3n) is 2.63. The van der Waals surface area contributed by atoms with Crippen LogP contribution in [0.1, 0.15) is 17.8 Å². The van der Waals surface area contributed by atoms with Crippen molar-refractivity contribution in [2.45, 2.75) is 26.3 Å². The van der Waals surface area contributed by atoms with Gasteiger partial charge in [-0.15, -0.1) is 0 Å². The van der Waals surface area contributed by atoms with Crippen LogP contribution < -0.4 is 10.3 Å². The standard InChI is InChI=1S/C12H17N2S/c1-10-14(9-5-4-8-13)11-6-2-3-7-12(11)15-10/h2-3,6-7H,4-5,8-9,13H2,1H3/q+1. The van der Waals surface area contributed by atoms with Crippen molar-refractivity contribution in [2.24, 2.45) is 5.73 Å². The van der Waals surface area contributed by atoms with E-state index >= 15 is 0 Å².